The molecule has 1 saturated heterocycles. The molecule has 3 aliphatic rings. The van der Waals surface area contributed by atoms with Crippen molar-refractivity contribution in [3.63, 3.8) is 0 Å². The molecule has 4 rings (SSSR count). The van der Waals surface area contributed by atoms with Crippen molar-refractivity contribution < 1.29 is 4.79 Å². The second kappa shape index (κ2) is 4.32. The standard InChI is InChI=1S/C15H20N2OS/c18-14-15(6-7-15)16-13(12-5-9-19-10-12)17(14)8-4-11-2-1-3-11/h5,9-11,13,16H,1-4,6-8H2. The lowest BCUT2D eigenvalue weighted by Crippen LogP contribution is -2.34. The SMILES string of the molecule is O=C1N(CCC2CCC2)C(c2ccsc2)NC12CC2. The minimum atomic E-state index is -0.188. The summed E-state index contributed by atoms with van der Waals surface area (Å²) in [6, 6.07) is 2.15. The van der Waals surface area contributed by atoms with E-state index in [1.807, 2.05) is 0 Å². The Morgan fingerprint density at radius 2 is 2.26 bits per heavy atom. The van der Waals surface area contributed by atoms with Crippen molar-refractivity contribution in [2.24, 2.45) is 5.92 Å². The lowest BCUT2D eigenvalue weighted by molar-refractivity contribution is -0.131. The second-order valence-corrected chi connectivity index (χ2v) is 7.05. The third-order valence-corrected chi connectivity index (χ3v) is 5.71. The number of hydrogen-bond donors (Lipinski definition) is 1. The number of carbonyl (C=O) groups excluding carboxylic acids is 1. The van der Waals surface area contributed by atoms with Gasteiger partial charge in [0.2, 0.25) is 5.91 Å². The molecular weight excluding hydrogens is 256 g/mol. The number of nitrogens with zero attached hydrogens (tertiary/aromatic N) is 1. The summed E-state index contributed by atoms with van der Waals surface area (Å²) in [6.45, 7) is 0.929. The van der Waals surface area contributed by atoms with Gasteiger partial charge in [0.05, 0.1) is 0 Å². The van der Waals surface area contributed by atoms with E-state index in [0.29, 0.717) is 5.91 Å². The quantitative estimate of drug-likeness (QED) is 0.917. The van der Waals surface area contributed by atoms with Gasteiger partial charge in [0.1, 0.15) is 11.7 Å². The van der Waals surface area contributed by atoms with Crippen LogP contribution in [-0.2, 0) is 4.79 Å². The fourth-order valence-electron chi connectivity index (χ4n) is 3.30. The van der Waals surface area contributed by atoms with Crippen LogP contribution in [0, 0.1) is 5.92 Å². The molecule has 0 bridgehead atoms. The van der Waals surface area contributed by atoms with Gasteiger partial charge in [-0.3, -0.25) is 10.1 Å². The molecule has 1 spiro atoms. The minimum Gasteiger partial charge on any atom is -0.321 e. The predicted octanol–water partition coefficient (Wildman–Crippen LogP) is 2.90. The average molecular weight is 276 g/mol. The van der Waals surface area contributed by atoms with Crippen LogP contribution in [-0.4, -0.2) is 22.9 Å². The number of carbonyl (C=O) groups is 1. The molecule has 2 aliphatic carbocycles. The summed E-state index contributed by atoms with van der Waals surface area (Å²) in [6.07, 6.45) is 7.46. The molecule has 1 amide bonds. The zero-order valence-electron chi connectivity index (χ0n) is 11.1. The largest absolute Gasteiger partial charge is 0.321 e. The highest BCUT2D eigenvalue weighted by Crippen LogP contribution is 2.46. The Morgan fingerprint density at radius 1 is 1.42 bits per heavy atom. The Balaban J connectivity index is 1.52. The molecule has 1 aromatic rings. The molecule has 4 heteroatoms. The molecular formula is C15H20N2OS. The molecule has 1 N–H and O–H groups in total. The van der Waals surface area contributed by atoms with Gasteiger partial charge in [-0.25, -0.2) is 0 Å². The Morgan fingerprint density at radius 3 is 2.84 bits per heavy atom. The number of hydrogen-bond acceptors (Lipinski definition) is 3. The highest BCUT2D eigenvalue weighted by Gasteiger charge is 2.59. The van der Waals surface area contributed by atoms with Crippen molar-refractivity contribution in [2.75, 3.05) is 6.54 Å². The third-order valence-electron chi connectivity index (χ3n) is 5.01. The molecule has 1 unspecified atom stereocenters. The van der Waals surface area contributed by atoms with Crippen molar-refractivity contribution >= 4 is 17.2 Å². The van der Waals surface area contributed by atoms with Gasteiger partial charge in [0.25, 0.3) is 0 Å². The summed E-state index contributed by atoms with van der Waals surface area (Å²) >= 11 is 1.71. The van der Waals surface area contributed by atoms with Crippen molar-refractivity contribution in [2.45, 2.75) is 50.2 Å². The lowest BCUT2D eigenvalue weighted by Gasteiger charge is -2.30. The van der Waals surface area contributed by atoms with Crippen molar-refractivity contribution in [1.82, 2.24) is 10.2 Å². The first kappa shape index (κ1) is 11.9. The fraction of sp³-hybridized carbons (Fsp3) is 0.667. The first-order valence-electron chi connectivity index (χ1n) is 7.39. The first-order valence-corrected chi connectivity index (χ1v) is 8.34. The van der Waals surface area contributed by atoms with E-state index in [9.17, 15) is 4.79 Å². The molecule has 0 radical (unpaired) electrons. The molecule has 2 heterocycles. The van der Waals surface area contributed by atoms with Crippen LogP contribution >= 0.6 is 11.3 Å². The zero-order valence-corrected chi connectivity index (χ0v) is 11.9. The summed E-state index contributed by atoms with van der Waals surface area (Å²) in [5.41, 5.74) is 1.07. The highest BCUT2D eigenvalue weighted by atomic mass is 32.1. The van der Waals surface area contributed by atoms with E-state index in [4.69, 9.17) is 0 Å². The molecule has 0 aromatic carbocycles. The predicted molar refractivity (Wildman–Crippen MR) is 75.8 cm³/mol. The molecule has 2 saturated carbocycles. The van der Waals surface area contributed by atoms with Crippen LogP contribution in [0.15, 0.2) is 16.8 Å². The van der Waals surface area contributed by atoms with Crippen LogP contribution in [0.3, 0.4) is 0 Å². The van der Waals surface area contributed by atoms with Gasteiger partial charge >= 0.3 is 0 Å². The summed E-state index contributed by atoms with van der Waals surface area (Å²) < 4.78 is 0. The topological polar surface area (TPSA) is 32.3 Å². The number of thiophene rings is 1. The van der Waals surface area contributed by atoms with Crippen LogP contribution in [0.1, 0.15) is 50.3 Å². The maximum Gasteiger partial charge on any atom is 0.244 e. The van der Waals surface area contributed by atoms with Gasteiger partial charge in [-0.1, -0.05) is 19.3 Å². The molecule has 1 aliphatic heterocycles. The van der Waals surface area contributed by atoms with Gasteiger partial charge in [0.15, 0.2) is 0 Å². The van der Waals surface area contributed by atoms with Crippen LogP contribution in [0.5, 0.6) is 0 Å². The number of amides is 1. The Labute approximate surface area is 118 Å². The normalized spacial score (nSPS) is 28.9. The van der Waals surface area contributed by atoms with Crippen molar-refractivity contribution in [1.29, 1.82) is 0 Å². The monoisotopic (exact) mass is 276 g/mol. The lowest BCUT2D eigenvalue weighted by atomic mass is 9.83. The van der Waals surface area contributed by atoms with E-state index in [1.165, 1.54) is 31.2 Å². The average Bonchev–Trinajstić information content (AvgIpc) is 2.83. The van der Waals surface area contributed by atoms with E-state index in [-0.39, 0.29) is 11.7 Å². The number of rotatable bonds is 4. The van der Waals surface area contributed by atoms with E-state index in [0.717, 1.165) is 25.3 Å². The van der Waals surface area contributed by atoms with Crippen LogP contribution in [0.25, 0.3) is 0 Å². The molecule has 19 heavy (non-hydrogen) atoms. The van der Waals surface area contributed by atoms with E-state index < -0.39 is 0 Å². The smallest absolute Gasteiger partial charge is 0.244 e. The summed E-state index contributed by atoms with van der Waals surface area (Å²) in [5, 5.41) is 7.86. The first-order chi connectivity index (χ1) is 9.28. The maximum atomic E-state index is 12.6. The van der Waals surface area contributed by atoms with Crippen LogP contribution in [0.2, 0.25) is 0 Å². The molecule has 1 aromatic heterocycles. The number of nitrogens with one attached hydrogen (secondary N) is 1. The van der Waals surface area contributed by atoms with Crippen LogP contribution in [0.4, 0.5) is 0 Å². The minimum absolute atomic E-state index is 0.126. The van der Waals surface area contributed by atoms with Gasteiger partial charge in [-0.15, -0.1) is 0 Å². The van der Waals surface area contributed by atoms with E-state index in [1.54, 1.807) is 11.3 Å². The van der Waals surface area contributed by atoms with E-state index >= 15 is 0 Å². The summed E-state index contributed by atoms with van der Waals surface area (Å²) in [7, 11) is 0. The fourth-order valence-corrected chi connectivity index (χ4v) is 3.98. The van der Waals surface area contributed by atoms with Crippen LogP contribution < -0.4 is 5.32 Å². The van der Waals surface area contributed by atoms with Gasteiger partial charge in [-0.2, -0.15) is 11.3 Å². The zero-order chi connectivity index (χ0) is 12.9. The molecule has 1 atom stereocenters. The summed E-state index contributed by atoms with van der Waals surface area (Å²) in [5.74, 6) is 1.22. The van der Waals surface area contributed by atoms with Crippen molar-refractivity contribution in [3.05, 3.63) is 22.4 Å². The van der Waals surface area contributed by atoms with Gasteiger partial charge in [-0.05, 0) is 47.6 Å². The molecule has 3 fully saturated rings. The maximum absolute atomic E-state index is 12.6. The third kappa shape index (κ3) is 1.93. The Hall–Kier alpha value is -0.870. The van der Waals surface area contributed by atoms with Gasteiger partial charge in [0, 0.05) is 6.54 Å². The Kier molecular flexibility index (Phi) is 2.71. The van der Waals surface area contributed by atoms with Crippen molar-refractivity contribution in [3.8, 4) is 0 Å². The molecule has 102 valence electrons. The Bertz CT molecular complexity index is 476. The molecule has 3 nitrogen and oxygen atoms in total. The highest BCUT2D eigenvalue weighted by molar-refractivity contribution is 7.07. The van der Waals surface area contributed by atoms with Gasteiger partial charge < -0.3 is 4.90 Å². The summed E-state index contributed by atoms with van der Waals surface area (Å²) in [4.78, 5) is 14.7. The second-order valence-electron chi connectivity index (χ2n) is 6.27. The van der Waals surface area contributed by atoms with E-state index in [2.05, 4.69) is 27.0 Å².